The fourth-order valence-electron chi connectivity index (χ4n) is 1.62. The van der Waals surface area contributed by atoms with Gasteiger partial charge in [0, 0.05) is 12.1 Å². The molecule has 0 fully saturated rings. The standard InChI is InChI=1S/C13H11ClFNO3/c1-7-8(4-12(19-7)13(17)18)6-16-11-5-9(15)2-3-10(11)14/h2-5,16H,6H2,1H3,(H,17,18). The van der Waals surface area contributed by atoms with Crippen LogP contribution in [0.15, 0.2) is 28.7 Å². The summed E-state index contributed by atoms with van der Waals surface area (Å²) in [5.74, 6) is -1.16. The number of aryl methyl sites for hydroxylation is 1. The maximum Gasteiger partial charge on any atom is 0.371 e. The number of carbonyl (C=O) groups is 1. The summed E-state index contributed by atoms with van der Waals surface area (Å²) in [4.78, 5) is 10.8. The maximum atomic E-state index is 13.1. The highest BCUT2D eigenvalue weighted by Gasteiger charge is 2.13. The third-order valence-electron chi connectivity index (χ3n) is 2.63. The van der Waals surface area contributed by atoms with Crippen LogP contribution in [0.1, 0.15) is 21.9 Å². The van der Waals surface area contributed by atoms with E-state index in [-0.39, 0.29) is 5.76 Å². The summed E-state index contributed by atoms with van der Waals surface area (Å²) in [7, 11) is 0. The van der Waals surface area contributed by atoms with Crippen molar-refractivity contribution in [2.24, 2.45) is 0 Å². The van der Waals surface area contributed by atoms with E-state index in [2.05, 4.69) is 5.32 Å². The lowest BCUT2D eigenvalue weighted by molar-refractivity contribution is 0.0661. The molecule has 1 aromatic carbocycles. The normalized spacial score (nSPS) is 10.5. The molecule has 0 aliphatic carbocycles. The van der Waals surface area contributed by atoms with Crippen LogP contribution < -0.4 is 5.32 Å². The highest BCUT2D eigenvalue weighted by Crippen LogP contribution is 2.24. The average molecular weight is 284 g/mol. The van der Waals surface area contributed by atoms with Gasteiger partial charge in [-0.25, -0.2) is 9.18 Å². The molecule has 4 nitrogen and oxygen atoms in total. The van der Waals surface area contributed by atoms with Crippen molar-refractivity contribution in [3.05, 3.63) is 52.2 Å². The molecule has 0 aliphatic rings. The van der Waals surface area contributed by atoms with Gasteiger partial charge in [-0.3, -0.25) is 0 Å². The summed E-state index contributed by atoms with van der Waals surface area (Å²) < 4.78 is 18.1. The number of rotatable bonds is 4. The van der Waals surface area contributed by atoms with Crippen molar-refractivity contribution in [2.45, 2.75) is 13.5 Å². The summed E-state index contributed by atoms with van der Waals surface area (Å²) in [5.41, 5.74) is 1.12. The summed E-state index contributed by atoms with van der Waals surface area (Å²) in [6.07, 6.45) is 0. The number of aromatic carboxylic acids is 1. The van der Waals surface area contributed by atoms with Crippen LogP contribution >= 0.6 is 11.6 Å². The summed E-state index contributed by atoms with van der Waals surface area (Å²) in [6, 6.07) is 5.41. The van der Waals surface area contributed by atoms with Crippen LogP contribution in [0, 0.1) is 12.7 Å². The SMILES string of the molecule is Cc1oc(C(=O)O)cc1CNc1cc(F)ccc1Cl. The Labute approximate surface area is 113 Å². The molecule has 0 atom stereocenters. The molecule has 1 aromatic heterocycles. The number of anilines is 1. The van der Waals surface area contributed by atoms with Gasteiger partial charge in [-0.05, 0) is 31.2 Å². The van der Waals surface area contributed by atoms with Gasteiger partial charge >= 0.3 is 5.97 Å². The minimum absolute atomic E-state index is 0.125. The van der Waals surface area contributed by atoms with E-state index in [1.165, 1.54) is 24.3 Å². The van der Waals surface area contributed by atoms with E-state index in [4.69, 9.17) is 21.1 Å². The fraction of sp³-hybridized carbons (Fsp3) is 0.154. The molecule has 0 amide bonds. The number of hydrogen-bond acceptors (Lipinski definition) is 3. The maximum absolute atomic E-state index is 13.1. The first-order valence-corrected chi connectivity index (χ1v) is 5.86. The van der Waals surface area contributed by atoms with Crippen molar-refractivity contribution in [3.63, 3.8) is 0 Å². The Hall–Kier alpha value is -2.01. The monoisotopic (exact) mass is 283 g/mol. The minimum Gasteiger partial charge on any atom is -0.475 e. The first kappa shape index (κ1) is 13.4. The van der Waals surface area contributed by atoms with Crippen LogP contribution in [0.25, 0.3) is 0 Å². The number of furan rings is 1. The molecule has 0 saturated heterocycles. The van der Waals surface area contributed by atoms with E-state index in [1.807, 2.05) is 0 Å². The van der Waals surface area contributed by atoms with Gasteiger partial charge < -0.3 is 14.8 Å². The van der Waals surface area contributed by atoms with Crippen molar-refractivity contribution in [2.75, 3.05) is 5.32 Å². The third-order valence-corrected chi connectivity index (χ3v) is 2.96. The van der Waals surface area contributed by atoms with E-state index in [1.54, 1.807) is 6.92 Å². The molecule has 0 bridgehead atoms. The van der Waals surface area contributed by atoms with Crippen molar-refractivity contribution < 1.29 is 18.7 Å². The average Bonchev–Trinajstić information content (AvgIpc) is 2.72. The summed E-state index contributed by atoms with van der Waals surface area (Å²) in [6.45, 7) is 1.96. The second-order valence-corrected chi connectivity index (χ2v) is 4.38. The second-order valence-electron chi connectivity index (χ2n) is 3.97. The fourth-order valence-corrected chi connectivity index (χ4v) is 1.81. The molecule has 0 aliphatic heterocycles. The zero-order chi connectivity index (χ0) is 14.0. The van der Waals surface area contributed by atoms with E-state index in [0.29, 0.717) is 28.6 Å². The molecule has 2 N–H and O–H groups in total. The molecule has 0 spiro atoms. The van der Waals surface area contributed by atoms with Gasteiger partial charge in [0.2, 0.25) is 5.76 Å². The smallest absolute Gasteiger partial charge is 0.371 e. The second kappa shape index (κ2) is 5.32. The number of carboxylic acid groups (broad SMARTS) is 1. The number of hydrogen-bond donors (Lipinski definition) is 2. The van der Waals surface area contributed by atoms with Crippen LogP contribution in [-0.2, 0) is 6.54 Å². The molecule has 0 saturated carbocycles. The Balaban J connectivity index is 2.14. The Morgan fingerprint density at radius 1 is 1.47 bits per heavy atom. The van der Waals surface area contributed by atoms with Crippen molar-refractivity contribution in [3.8, 4) is 0 Å². The zero-order valence-electron chi connectivity index (χ0n) is 10.0. The van der Waals surface area contributed by atoms with Gasteiger partial charge in [-0.1, -0.05) is 11.6 Å². The Morgan fingerprint density at radius 3 is 2.84 bits per heavy atom. The molecule has 1 heterocycles. The molecular weight excluding hydrogens is 273 g/mol. The molecule has 19 heavy (non-hydrogen) atoms. The van der Waals surface area contributed by atoms with Gasteiger partial charge in [0.15, 0.2) is 0 Å². The quantitative estimate of drug-likeness (QED) is 0.898. The van der Waals surface area contributed by atoms with Crippen molar-refractivity contribution in [1.29, 1.82) is 0 Å². The van der Waals surface area contributed by atoms with Gasteiger partial charge in [0.25, 0.3) is 0 Å². The van der Waals surface area contributed by atoms with Gasteiger partial charge in [-0.2, -0.15) is 0 Å². The molecule has 0 unspecified atom stereocenters. The van der Waals surface area contributed by atoms with Crippen LogP contribution in [0.2, 0.25) is 5.02 Å². The van der Waals surface area contributed by atoms with Gasteiger partial charge in [0.1, 0.15) is 11.6 Å². The number of halogens is 2. The lowest BCUT2D eigenvalue weighted by Crippen LogP contribution is -2.00. The molecule has 2 rings (SSSR count). The first-order chi connectivity index (χ1) is 8.97. The highest BCUT2D eigenvalue weighted by molar-refractivity contribution is 6.33. The zero-order valence-corrected chi connectivity index (χ0v) is 10.8. The van der Waals surface area contributed by atoms with E-state index in [0.717, 1.165) is 0 Å². The predicted molar refractivity (Wildman–Crippen MR) is 69.1 cm³/mol. The Bertz CT molecular complexity index is 624. The topological polar surface area (TPSA) is 62.5 Å². The summed E-state index contributed by atoms with van der Waals surface area (Å²) in [5, 5.41) is 12.1. The van der Waals surface area contributed by atoms with Crippen molar-refractivity contribution in [1.82, 2.24) is 0 Å². The van der Waals surface area contributed by atoms with Crippen LogP contribution in [0.3, 0.4) is 0 Å². The summed E-state index contributed by atoms with van der Waals surface area (Å²) >= 11 is 5.91. The van der Waals surface area contributed by atoms with Gasteiger partial charge in [-0.15, -0.1) is 0 Å². The van der Waals surface area contributed by atoms with Crippen molar-refractivity contribution >= 4 is 23.3 Å². The molecule has 0 radical (unpaired) electrons. The van der Waals surface area contributed by atoms with E-state index in [9.17, 15) is 9.18 Å². The first-order valence-electron chi connectivity index (χ1n) is 5.49. The number of nitrogens with one attached hydrogen (secondary N) is 1. The number of carboxylic acids is 1. The van der Waals surface area contributed by atoms with Gasteiger partial charge in [0.05, 0.1) is 10.7 Å². The van der Waals surface area contributed by atoms with Crippen LogP contribution in [-0.4, -0.2) is 11.1 Å². The third kappa shape index (κ3) is 3.06. The van der Waals surface area contributed by atoms with E-state index < -0.39 is 11.8 Å². The van der Waals surface area contributed by atoms with Crippen LogP contribution in [0.4, 0.5) is 10.1 Å². The van der Waals surface area contributed by atoms with Crippen LogP contribution in [0.5, 0.6) is 0 Å². The number of benzene rings is 1. The Morgan fingerprint density at radius 2 is 2.21 bits per heavy atom. The molecule has 6 heteroatoms. The molecular formula is C13H11ClFNO3. The Kier molecular flexibility index (Phi) is 3.76. The lowest BCUT2D eigenvalue weighted by Gasteiger charge is -2.07. The molecule has 100 valence electrons. The largest absolute Gasteiger partial charge is 0.475 e. The van der Waals surface area contributed by atoms with E-state index >= 15 is 0 Å². The lowest BCUT2D eigenvalue weighted by atomic mass is 10.2. The minimum atomic E-state index is -1.13. The predicted octanol–water partition coefficient (Wildman–Crippen LogP) is 3.69. The molecule has 2 aromatic rings. The highest BCUT2D eigenvalue weighted by atomic mass is 35.5.